The lowest BCUT2D eigenvalue weighted by Crippen LogP contribution is -2.40. The van der Waals surface area contributed by atoms with Crippen LogP contribution >= 0.6 is 0 Å². The first-order chi connectivity index (χ1) is 12.3. The van der Waals surface area contributed by atoms with Gasteiger partial charge in [0.15, 0.2) is 5.82 Å². The Balaban J connectivity index is 1.78. The van der Waals surface area contributed by atoms with Crippen molar-refractivity contribution >= 4 is 5.69 Å². The molecule has 1 fully saturated rings. The van der Waals surface area contributed by atoms with E-state index in [0.29, 0.717) is 0 Å². The Kier molecular flexibility index (Phi) is 4.22. The molecule has 0 spiro atoms. The molecule has 3 aromatic rings. The summed E-state index contributed by atoms with van der Waals surface area (Å²) in [6, 6.07) is 18.6. The van der Waals surface area contributed by atoms with E-state index in [1.54, 1.807) is 0 Å². The van der Waals surface area contributed by atoms with Crippen molar-refractivity contribution < 1.29 is 0 Å². The quantitative estimate of drug-likeness (QED) is 0.776. The van der Waals surface area contributed by atoms with E-state index in [4.69, 9.17) is 0 Å². The first-order valence-corrected chi connectivity index (χ1v) is 8.97. The number of tetrazole rings is 1. The Morgan fingerprint density at radius 1 is 0.920 bits per heavy atom. The van der Waals surface area contributed by atoms with Crippen LogP contribution in [-0.4, -0.2) is 20.2 Å². The van der Waals surface area contributed by atoms with Gasteiger partial charge >= 0.3 is 0 Å². The molecule has 1 aromatic heterocycles. The molecule has 1 saturated carbocycles. The minimum atomic E-state index is -0.232. The zero-order valence-corrected chi connectivity index (χ0v) is 14.5. The molecular weight excluding hydrogens is 310 g/mol. The molecule has 0 amide bonds. The van der Waals surface area contributed by atoms with Crippen LogP contribution in [-0.2, 0) is 5.54 Å². The summed E-state index contributed by atoms with van der Waals surface area (Å²) in [5.41, 5.74) is 3.17. The van der Waals surface area contributed by atoms with Crippen LogP contribution < -0.4 is 5.32 Å². The third-order valence-electron chi connectivity index (χ3n) is 5.12. The monoisotopic (exact) mass is 333 g/mol. The van der Waals surface area contributed by atoms with Gasteiger partial charge in [0, 0.05) is 5.69 Å². The Morgan fingerprint density at radius 2 is 1.64 bits per heavy atom. The van der Waals surface area contributed by atoms with E-state index in [1.807, 2.05) is 35.0 Å². The lowest BCUT2D eigenvalue weighted by molar-refractivity contribution is 0.309. The van der Waals surface area contributed by atoms with Crippen molar-refractivity contribution in [3.63, 3.8) is 0 Å². The van der Waals surface area contributed by atoms with Gasteiger partial charge in [-0.1, -0.05) is 55.7 Å². The predicted molar refractivity (Wildman–Crippen MR) is 98.7 cm³/mol. The molecule has 0 atom stereocenters. The second-order valence-corrected chi connectivity index (χ2v) is 6.83. The van der Waals surface area contributed by atoms with Crippen LogP contribution in [0.1, 0.15) is 43.5 Å². The fourth-order valence-corrected chi connectivity index (χ4v) is 3.76. The largest absolute Gasteiger partial charge is 0.372 e. The van der Waals surface area contributed by atoms with E-state index in [1.165, 1.54) is 24.8 Å². The van der Waals surface area contributed by atoms with E-state index in [0.717, 1.165) is 30.0 Å². The molecule has 0 radical (unpaired) electrons. The van der Waals surface area contributed by atoms with Gasteiger partial charge in [-0.25, -0.2) is 0 Å². The van der Waals surface area contributed by atoms with E-state index in [9.17, 15) is 0 Å². The Morgan fingerprint density at radius 3 is 2.40 bits per heavy atom. The van der Waals surface area contributed by atoms with Crippen molar-refractivity contribution in [3.8, 4) is 5.69 Å². The first-order valence-electron chi connectivity index (χ1n) is 8.97. The van der Waals surface area contributed by atoms with Crippen LogP contribution in [0.2, 0.25) is 0 Å². The lowest BCUT2D eigenvalue weighted by Gasteiger charge is -2.38. The molecule has 1 aliphatic carbocycles. The van der Waals surface area contributed by atoms with Gasteiger partial charge in [-0.15, -0.1) is 5.10 Å². The van der Waals surface area contributed by atoms with Crippen LogP contribution in [0.25, 0.3) is 5.69 Å². The summed E-state index contributed by atoms with van der Waals surface area (Å²) in [6.07, 6.45) is 5.70. The molecule has 128 valence electrons. The number of aryl methyl sites for hydroxylation is 1. The topological polar surface area (TPSA) is 55.6 Å². The smallest absolute Gasteiger partial charge is 0.181 e. The zero-order valence-electron chi connectivity index (χ0n) is 14.5. The highest BCUT2D eigenvalue weighted by Crippen LogP contribution is 2.40. The molecule has 2 aromatic carbocycles. The second-order valence-electron chi connectivity index (χ2n) is 6.83. The van der Waals surface area contributed by atoms with Gasteiger partial charge < -0.3 is 5.32 Å². The fourth-order valence-electron chi connectivity index (χ4n) is 3.76. The van der Waals surface area contributed by atoms with E-state index >= 15 is 0 Å². The van der Waals surface area contributed by atoms with Gasteiger partial charge in [0.25, 0.3) is 0 Å². The Labute approximate surface area is 148 Å². The highest BCUT2D eigenvalue weighted by Gasteiger charge is 2.39. The summed E-state index contributed by atoms with van der Waals surface area (Å²) in [4.78, 5) is 0. The van der Waals surface area contributed by atoms with E-state index < -0.39 is 0 Å². The van der Waals surface area contributed by atoms with Crippen molar-refractivity contribution in [1.82, 2.24) is 20.2 Å². The third-order valence-corrected chi connectivity index (χ3v) is 5.12. The van der Waals surface area contributed by atoms with Crippen LogP contribution in [0, 0.1) is 6.92 Å². The van der Waals surface area contributed by atoms with Crippen molar-refractivity contribution in [2.24, 2.45) is 0 Å². The van der Waals surface area contributed by atoms with Crippen LogP contribution in [0.5, 0.6) is 0 Å². The van der Waals surface area contributed by atoms with Crippen molar-refractivity contribution in [2.75, 3.05) is 5.32 Å². The number of hydrogen-bond donors (Lipinski definition) is 1. The number of benzene rings is 2. The van der Waals surface area contributed by atoms with Crippen LogP contribution in [0.4, 0.5) is 5.69 Å². The standard InChI is InChI=1S/C20H23N5/c1-16-10-6-7-13-18(16)21-20(14-8-3-9-15-20)19-22-23-24-25(19)17-11-4-2-5-12-17/h2,4-7,10-13,21H,3,8-9,14-15H2,1H3. The van der Waals surface area contributed by atoms with Crippen molar-refractivity contribution in [1.29, 1.82) is 0 Å². The molecule has 1 N–H and O–H groups in total. The summed E-state index contributed by atoms with van der Waals surface area (Å²) in [7, 11) is 0. The summed E-state index contributed by atoms with van der Waals surface area (Å²) >= 11 is 0. The van der Waals surface area contributed by atoms with Crippen molar-refractivity contribution in [2.45, 2.75) is 44.6 Å². The molecular formula is C20H23N5. The number of aromatic nitrogens is 4. The van der Waals surface area contributed by atoms with Gasteiger partial charge in [0.1, 0.15) is 0 Å². The number of nitrogens with one attached hydrogen (secondary N) is 1. The van der Waals surface area contributed by atoms with E-state index in [-0.39, 0.29) is 5.54 Å². The maximum absolute atomic E-state index is 4.45. The number of anilines is 1. The SMILES string of the molecule is Cc1ccccc1NC1(c2nnnn2-c2ccccc2)CCCCC1. The van der Waals surface area contributed by atoms with Crippen LogP contribution in [0.3, 0.4) is 0 Å². The van der Waals surface area contributed by atoms with Crippen molar-refractivity contribution in [3.05, 3.63) is 66.0 Å². The third kappa shape index (κ3) is 3.02. The summed E-state index contributed by atoms with van der Waals surface area (Å²) < 4.78 is 1.89. The van der Waals surface area contributed by atoms with Gasteiger partial charge in [0.2, 0.25) is 0 Å². The maximum Gasteiger partial charge on any atom is 0.181 e. The normalized spacial score (nSPS) is 16.5. The Bertz CT molecular complexity index is 834. The summed E-state index contributed by atoms with van der Waals surface area (Å²) in [5.74, 6) is 0.904. The molecule has 0 bridgehead atoms. The second kappa shape index (κ2) is 6.67. The van der Waals surface area contributed by atoms with Gasteiger partial charge in [-0.3, -0.25) is 0 Å². The molecule has 4 rings (SSSR count). The molecule has 1 heterocycles. The maximum atomic E-state index is 4.45. The number of nitrogens with zero attached hydrogens (tertiary/aromatic N) is 4. The zero-order chi connectivity index (χ0) is 17.1. The average molecular weight is 333 g/mol. The molecule has 0 aliphatic heterocycles. The molecule has 0 unspecified atom stereocenters. The highest BCUT2D eigenvalue weighted by molar-refractivity contribution is 5.53. The minimum Gasteiger partial charge on any atom is -0.372 e. The van der Waals surface area contributed by atoms with Gasteiger partial charge in [-0.05, 0) is 54.0 Å². The highest BCUT2D eigenvalue weighted by atomic mass is 15.6. The van der Waals surface area contributed by atoms with Gasteiger partial charge in [0.05, 0.1) is 11.2 Å². The number of para-hydroxylation sites is 2. The lowest BCUT2D eigenvalue weighted by atomic mass is 9.80. The van der Waals surface area contributed by atoms with Crippen LogP contribution in [0.15, 0.2) is 54.6 Å². The molecule has 5 nitrogen and oxygen atoms in total. The molecule has 25 heavy (non-hydrogen) atoms. The molecule has 0 saturated heterocycles. The predicted octanol–water partition coefficient (Wildman–Crippen LogP) is 4.24. The van der Waals surface area contributed by atoms with Gasteiger partial charge in [-0.2, -0.15) is 4.68 Å². The number of rotatable bonds is 4. The summed E-state index contributed by atoms with van der Waals surface area (Å²) in [6.45, 7) is 2.14. The first kappa shape index (κ1) is 15.8. The summed E-state index contributed by atoms with van der Waals surface area (Å²) in [5, 5.41) is 16.6. The molecule has 5 heteroatoms. The molecule has 1 aliphatic rings. The van der Waals surface area contributed by atoms with E-state index in [2.05, 4.69) is 52.0 Å². The Hall–Kier alpha value is -2.69. The fraction of sp³-hybridized carbons (Fsp3) is 0.350. The minimum absolute atomic E-state index is 0.232. The average Bonchev–Trinajstić information content (AvgIpc) is 3.16. The number of hydrogen-bond acceptors (Lipinski definition) is 4.